The van der Waals surface area contributed by atoms with Crippen molar-refractivity contribution in [3.63, 3.8) is 0 Å². The molecular formula is C21H28N2O. The third-order valence-electron chi connectivity index (χ3n) is 4.28. The van der Waals surface area contributed by atoms with E-state index in [1.807, 2.05) is 6.20 Å². The van der Waals surface area contributed by atoms with Crippen molar-refractivity contribution in [1.82, 2.24) is 9.88 Å². The van der Waals surface area contributed by atoms with Gasteiger partial charge < -0.3 is 4.74 Å². The minimum absolute atomic E-state index is 0.0897. The second kappa shape index (κ2) is 7.45. The van der Waals surface area contributed by atoms with E-state index in [-0.39, 0.29) is 6.10 Å². The van der Waals surface area contributed by atoms with Gasteiger partial charge in [-0.05, 0) is 29.0 Å². The molecule has 3 heteroatoms. The first-order chi connectivity index (χ1) is 11.5. The number of hydrogen-bond acceptors (Lipinski definition) is 3. The molecule has 0 bridgehead atoms. The van der Waals surface area contributed by atoms with E-state index < -0.39 is 0 Å². The maximum absolute atomic E-state index is 5.96. The summed E-state index contributed by atoms with van der Waals surface area (Å²) >= 11 is 0. The van der Waals surface area contributed by atoms with Gasteiger partial charge >= 0.3 is 0 Å². The van der Waals surface area contributed by atoms with Crippen LogP contribution in [-0.2, 0) is 11.2 Å². The summed E-state index contributed by atoms with van der Waals surface area (Å²) in [6.45, 7) is 10.7. The van der Waals surface area contributed by atoms with Crippen molar-refractivity contribution in [2.24, 2.45) is 5.41 Å². The fourth-order valence-electron chi connectivity index (χ4n) is 3.26. The maximum atomic E-state index is 5.96. The molecule has 0 spiro atoms. The molecule has 128 valence electrons. The summed E-state index contributed by atoms with van der Waals surface area (Å²) < 4.78 is 5.96. The normalized spacial score (nSPS) is 19.4. The van der Waals surface area contributed by atoms with E-state index in [1.54, 1.807) is 0 Å². The SMILES string of the molecule is CC(C)(C)CN1CCO[C@@H](c2ccc(Cc3ccccc3)cn2)C1. The van der Waals surface area contributed by atoms with Crippen LogP contribution in [0.1, 0.15) is 43.7 Å². The Morgan fingerprint density at radius 1 is 1.08 bits per heavy atom. The van der Waals surface area contributed by atoms with E-state index >= 15 is 0 Å². The van der Waals surface area contributed by atoms with Gasteiger partial charge in [0.25, 0.3) is 0 Å². The summed E-state index contributed by atoms with van der Waals surface area (Å²) in [5.41, 5.74) is 3.92. The van der Waals surface area contributed by atoms with Crippen LogP contribution in [0.4, 0.5) is 0 Å². The molecular weight excluding hydrogens is 296 g/mol. The fraction of sp³-hybridized carbons (Fsp3) is 0.476. The molecule has 1 fully saturated rings. The first-order valence-electron chi connectivity index (χ1n) is 8.82. The van der Waals surface area contributed by atoms with Gasteiger partial charge in [0, 0.05) is 25.8 Å². The maximum Gasteiger partial charge on any atom is 0.112 e. The summed E-state index contributed by atoms with van der Waals surface area (Å²) in [7, 11) is 0. The predicted octanol–water partition coefficient (Wildman–Crippen LogP) is 4.09. The lowest BCUT2D eigenvalue weighted by atomic mass is 9.95. The molecule has 0 amide bonds. The average Bonchev–Trinajstić information content (AvgIpc) is 2.55. The zero-order valence-corrected chi connectivity index (χ0v) is 15.0. The topological polar surface area (TPSA) is 25.4 Å². The zero-order chi connectivity index (χ0) is 17.0. The smallest absolute Gasteiger partial charge is 0.112 e. The Balaban J connectivity index is 1.62. The molecule has 3 nitrogen and oxygen atoms in total. The van der Waals surface area contributed by atoms with Gasteiger partial charge in [0.05, 0.1) is 12.3 Å². The zero-order valence-electron chi connectivity index (χ0n) is 15.0. The molecule has 1 atom stereocenters. The van der Waals surface area contributed by atoms with Crippen LogP contribution in [-0.4, -0.2) is 36.1 Å². The number of nitrogens with zero attached hydrogens (tertiary/aromatic N) is 2. The molecule has 24 heavy (non-hydrogen) atoms. The Morgan fingerprint density at radius 2 is 1.88 bits per heavy atom. The lowest BCUT2D eigenvalue weighted by Gasteiger charge is -2.36. The highest BCUT2D eigenvalue weighted by molar-refractivity contribution is 5.25. The third kappa shape index (κ3) is 4.89. The Labute approximate surface area is 145 Å². The van der Waals surface area contributed by atoms with E-state index in [0.717, 1.165) is 38.4 Å². The fourth-order valence-corrected chi connectivity index (χ4v) is 3.26. The number of hydrogen-bond donors (Lipinski definition) is 0. The second-order valence-corrected chi connectivity index (χ2v) is 7.91. The molecule has 0 aliphatic carbocycles. The van der Waals surface area contributed by atoms with E-state index in [1.165, 1.54) is 11.1 Å². The lowest BCUT2D eigenvalue weighted by Crippen LogP contribution is -2.42. The molecule has 1 aliphatic heterocycles. The molecule has 1 saturated heterocycles. The van der Waals surface area contributed by atoms with Crippen molar-refractivity contribution in [2.75, 3.05) is 26.2 Å². The van der Waals surface area contributed by atoms with Crippen LogP contribution in [0.3, 0.4) is 0 Å². The third-order valence-corrected chi connectivity index (χ3v) is 4.28. The van der Waals surface area contributed by atoms with Crippen molar-refractivity contribution in [2.45, 2.75) is 33.3 Å². The Bertz CT molecular complexity index is 631. The number of pyridine rings is 1. The van der Waals surface area contributed by atoms with Gasteiger partial charge in [0.1, 0.15) is 6.10 Å². The minimum Gasteiger partial charge on any atom is -0.369 e. The van der Waals surface area contributed by atoms with Crippen LogP contribution in [0.2, 0.25) is 0 Å². The summed E-state index contributed by atoms with van der Waals surface area (Å²) in [5.74, 6) is 0. The van der Waals surface area contributed by atoms with Crippen LogP contribution in [0.15, 0.2) is 48.7 Å². The van der Waals surface area contributed by atoms with Gasteiger partial charge in [-0.2, -0.15) is 0 Å². The quantitative estimate of drug-likeness (QED) is 0.847. The molecule has 1 aromatic heterocycles. The van der Waals surface area contributed by atoms with Crippen molar-refractivity contribution < 1.29 is 4.74 Å². The largest absolute Gasteiger partial charge is 0.369 e. The molecule has 0 radical (unpaired) electrons. The lowest BCUT2D eigenvalue weighted by molar-refractivity contribution is -0.0407. The number of aromatic nitrogens is 1. The van der Waals surface area contributed by atoms with Gasteiger partial charge in [-0.3, -0.25) is 9.88 Å². The highest BCUT2D eigenvalue weighted by Crippen LogP contribution is 2.24. The highest BCUT2D eigenvalue weighted by atomic mass is 16.5. The molecule has 1 aromatic carbocycles. The Morgan fingerprint density at radius 3 is 2.54 bits per heavy atom. The average molecular weight is 324 g/mol. The van der Waals surface area contributed by atoms with Crippen LogP contribution in [0.25, 0.3) is 0 Å². The molecule has 2 aromatic rings. The van der Waals surface area contributed by atoms with Crippen LogP contribution < -0.4 is 0 Å². The summed E-state index contributed by atoms with van der Waals surface area (Å²) in [6.07, 6.45) is 3.01. The molecule has 1 aliphatic rings. The molecule has 0 unspecified atom stereocenters. The summed E-state index contributed by atoms with van der Waals surface area (Å²) in [6, 6.07) is 14.8. The summed E-state index contributed by atoms with van der Waals surface area (Å²) in [5, 5.41) is 0. The van der Waals surface area contributed by atoms with Crippen molar-refractivity contribution in [1.29, 1.82) is 0 Å². The van der Waals surface area contributed by atoms with E-state index in [0.29, 0.717) is 5.41 Å². The van der Waals surface area contributed by atoms with Gasteiger partial charge in [0.15, 0.2) is 0 Å². The van der Waals surface area contributed by atoms with Crippen molar-refractivity contribution in [3.8, 4) is 0 Å². The second-order valence-electron chi connectivity index (χ2n) is 7.91. The molecule has 0 saturated carbocycles. The van der Waals surface area contributed by atoms with Gasteiger partial charge in [0.2, 0.25) is 0 Å². The number of benzene rings is 1. The molecule has 3 rings (SSSR count). The molecule has 2 heterocycles. The number of morpholine rings is 1. The predicted molar refractivity (Wildman–Crippen MR) is 98.1 cm³/mol. The van der Waals surface area contributed by atoms with E-state index in [4.69, 9.17) is 4.74 Å². The Kier molecular flexibility index (Phi) is 5.32. The monoisotopic (exact) mass is 324 g/mol. The van der Waals surface area contributed by atoms with Crippen LogP contribution in [0, 0.1) is 5.41 Å². The van der Waals surface area contributed by atoms with Gasteiger partial charge in [-0.1, -0.05) is 57.2 Å². The number of ether oxygens (including phenoxy) is 1. The molecule has 0 N–H and O–H groups in total. The Hall–Kier alpha value is -1.71. The van der Waals surface area contributed by atoms with E-state index in [2.05, 4.69) is 73.1 Å². The van der Waals surface area contributed by atoms with Gasteiger partial charge in [-0.15, -0.1) is 0 Å². The minimum atomic E-state index is 0.0897. The van der Waals surface area contributed by atoms with Crippen molar-refractivity contribution >= 4 is 0 Å². The van der Waals surface area contributed by atoms with Crippen LogP contribution >= 0.6 is 0 Å². The summed E-state index contributed by atoms with van der Waals surface area (Å²) in [4.78, 5) is 7.17. The van der Waals surface area contributed by atoms with Gasteiger partial charge in [-0.25, -0.2) is 0 Å². The van der Waals surface area contributed by atoms with Crippen LogP contribution in [0.5, 0.6) is 0 Å². The number of rotatable bonds is 4. The first-order valence-corrected chi connectivity index (χ1v) is 8.82. The standard InChI is InChI=1S/C21H28N2O/c1-21(2,3)16-23-11-12-24-20(15-23)19-10-9-18(14-22-19)13-17-7-5-4-6-8-17/h4-10,14,20H,11-13,15-16H2,1-3H3/t20-/m1/s1. The highest BCUT2D eigenvalue weighted by Gasteiger charge is 2.25. The van der Waals surface area contributed by atoms with E-state index in [9.17, 15) is 0 Å². The van der Waals surface area contributed by atoms with Crippen molar-refractivity contribution in [3.05, 3.63) is 65.5 Å². The first kappa shape index (κ1) is 17.1.